The smallest absolute Gasteiger partial charge is 0.331 e. The van der Waals surface area contributed by atoms with Gasteiger partial charge in [0.15, 0.2) is 0 Å². The van der Waals surface area contributed by atoms with Gasteiger partial charge in [-0.1, -0.05) is 36.4 Å². The number of pyridine rings is 1. The Kier molecular flexibility index (Phi) is 7.10. The Bertz CT molecular complexity index is 1710. The van der Waals surface area contributed by atoms with Gasteiger partial charge in [-0.25, -0.2) is 9.78 Å². The van der Waals surface area contributed by atoms with Gasteiger partial charge in [0, 0.05) is 25.3 Å². The Labute approximate surface area is 245 Å². The van der Waals surface area contributed by atoms with Crippen LogP contribution in [0.3, 0.4) is 0 Å². The van der Waals surface area contributed by atoms with E-state index < -0.39 is 0 Å². The number of ether oxygens (including phenoxy) is 1. The number of anilines is 3. The molecule has 1 unspecified atom stereocenters. The summed E-state index contributed by atoms with van der Waals surface area (Å²) in [5, 5.41) is 6.61. The van der Waals surface area contributed by atoms with Crippen LogP contribution in [0.4, 0.5) is 21.9 Å². The molecule has 4 aromatic rings. The zero-order valence-electron chi connectivity index (χ0n) is 22.1. The van der Waals surface area contributed by atoms with Gasteiger partial charge in [-0.2, -0.15) is 0 Å². The van der Waals surface area contributed by atoms with Crippen LogP contribution in [0.5, 0.6) is 11.5 Å². The number of hydrogen-bond acceptors (Lipinski definition) is 6. The Morgan fingerprint density at radius 3 is 2.71 bits per heavy atom. The molecule has 1 fully saturated rings. The summed E-state index contributed by atoms with van der Waals surface area (Å²) in [6.07, 6.45) is 3.08. The van der Waals surface area contributed by atoms with Gasteiger partial charge in [-0.3, -0.25) is 14.5 Å². The molecule has 41 heavy (non-hydrogen) atoms. The molecule has 2 aromatic carbocycles. The highest BCUT2D eigenvalue weighted by Gasteiger charge is 2.34. The van der Waals surface area contributed by atoms with Crippen LogP contribution in [0, 0.1) is 6.92 Å². The van der Waals surface area contributed by atoms with Crippen molar-refractivity contribution < 1.29 is 19.1 Å². The first-order valence-electron chi connectivity index (χ1n) is 13.1. The van der Waals surface area contributed by atoms with Crippen molar-refractivity contribution in [2.45, 2.75) is 25.8 Å². The van der Waals surface area contributed by atoms with Gasteiger partial charge in [0.2, 0.25) is 0 Å². The summed E-state index contributed by atoms with van der Waals surface area (Å²) in [6.45, 7) is 6.33. The molecule has 0 aliphatic carbocycles. The Morgan fingerprint density at radius 2 is 1.95 bits per heavy atom. The highest BCUT2D eigenvalue weighted by Crippen LogP contribution is 2.46. The lowest BCUT2D eigenvalue weighted by Crippen LogP contribution is -2.49. The molecule has 4 amide bonds. The predicted octanol–water partition coefficient (Wildman–Crippen LogP) is 6.55. The molecule has 208 valence electrons. The van der Waals surface area contributed by atoms with Crippen LogP contribution in [-0.4, -0.2) is 46.9 Å². The maximum atomic E-state index is 13.5. The number of hydrogen-bond donors (Lipinski definition) is 2. The number of amides is 4. The molecular weight excluding hydrogens is 562 g/mol. The second-order valence-corrected chi connectivity index (χ2v) is 11.4. The second kappa shape index (κ2) is 10.9. The van der Waals surface area contributed by atoms with Gasteiger partial charge in [-0.05, 0) is 61.7 Å². The first kappa shape index (κ1) is 26.8. The molecule has 1 atom stereocenters. The average molecular weight is 588 g/mol. The van der Waals surface area contributed by atoms with Crippen molar-refractivity contribution >= 4 is 68.1 Å². The maximum absolute atomic E-state index is 13.5. The fraction of sp³-hybridized carbons (Fsp3) is 0.200. The van der Waals surface area contributed by atoms with Crippen LogP contribution in [0.1, 0.15) is 28.1 Å². The number of carbonyl (C=O) groups excluding carboxylic acids is 3. The number of benzene rings is 2. The molecule has 0 radical (unpaired) electrons. The number of aryl methyl sites for hydroxylation is 1. The normalized spacial score (nSPS) is 16.3. The molecule has 2 N–H and O–H groups in total. The number of nitrogens with one attached hydrogen (secondary N) is 2. The van der Waals surface area contributed by atoms with Crippen molar-refractivity contribution in [2.24, 2.45) is 0 Å². The van der Waals surface area contributed by atoms with E-state index in [1.165, 1.54) is 11.3 Å². The number of halogens is 1. The van der Waals surface area contributed by atoms with E-state index in [9.17, 15) is 14.4 Å². The van der Waals surface area contributed by atoms with E-state index in [0.717, 1.165) is 24.2 Å². The van der Waals surface area contributed by atoms with E-state index in [1.807, 2.05) is 55.5 Å². The SMILES string of the molecule is C=C(Cl)C(=O)N1CCCC(NC(=O)c2sc3nccc4c3c2NC(=O)N4c2ccc(Oc3ccccc3)cc2C)C1. The summed E-state index contributed by atoms with van der Waals surface area (Å²) in [5.74, 6) is 0.712. The Balaban J connectivity index is 1.28. The first-order chi connectivity index (χ1) is 19.8. The highest BCUT2D eigenvalue weighted by molar-refractivity contribution is 7.21. The first-order valence-corrected chi connectivity index (χ1v) is 14.3. The van der Waals surface area contributed by atoms with Crippen molar-refractivity contribution in [3.8, 4) is 11.5 Å². The third kappa shape index (κ3) is 5.12. The lowest BCUT2D eigenvalue weighted by atomic mass is 10.1. The molecule has 9 nitrogen and oxygen atoms in total. The summed E-state index contributed by atoms with van der Waals surface area (Å²) in [6, 6.07) is 16.2. The summed E-state index contributed by atoms with van der Waals surface area (Å²) >= 11 is 7.03. The van der Waals surface area contributed by atoms with E-state index in [1.54, 1.807) is 22.1 Å². The lowest BCUT2D eigenvalue weighted by molar-refractivity contribution is -0.127. The Hall–Kier alpha value is -4.41. The van der Waals surface area contributed by atoms with E-state index in [0.29, 0.717) is 51.0 Å². The fourth-order valence-electron chi connectivity index (χ4n) is 5.25. The van der Waals surface area contributed by atoms with Crippen molar-refractivity contribution in [2.75, 3.05) is 23.3 Å². The summed E-state index contributed by atoms with van der Waals surface area (Å²) in [5.41, 5.74) is 2.60. The molecule has 0 spiro atoms. The second-order valence-electron chi connectivity index (χ2n) is 9.91. The molecule has 1 saturated heterocycles. The average Bonchev–Trinajstić information content (AvgIpc) is 3.33. The summed E-state index contributed by atoms with van der Waals surface area (Å²) < 4.78 is 5.96. The molecule has 0 bridgehead atoms. The third-order valence-corrected chi connectivity index (χ3v) is 8.37. The van der Waals surface area contributed by atoms with Crippen LogP contribution >= 0.6 is 22.9 Å². The number of likely N-dealkylation sites (tertiary alicyclic amines) is 1. The molecule has 6 rings (SSSR count). The van der Waals surface area contributed by atoms with Crippen molar-refractivity contribution in [1.29, 1.82) is 0 Å². The summed E-state index contributed by atoms with van der Waals surface area (Å²) in [4.78, 5) is 48.0. The van der Waals surface area contributed by atoms with Crippen molar-refractivity contribution in [1.82, 2.24) is 15.2 Å². The maximum Gasteiger partial charge on any atom is 0.331 e. The van der Waals surface area contributed by atoms with Crippen LogP contribution in [0.2, 0.25) is 0 Å². The number of carbonyl (C=O) groups is 3. The van der Waals surface area contributed by atoms with Gasteiger partial charge in [-0.15, -0.1) is 11.3 Å². The zero-order chi connectivity index (χ0) is 28.7. The highest BCUT2D eigenvalue weighted by atomic mass is 35.5. The molecular formula is C30H26ClN5O4S. The topological polar surface area (TPSA) is 104 Å². The largest absolute Gasteiger partial charge is 0.457 e. The van der Waals surface area contributed by atoms with Gasteiger partial charge < -0.3 is 20.3 Å². The van der Waals surface area contributed by atoms with Gasteiger partial charge >= 0.3 is 6.03 Å². The van der Waals surface area contributed by atoms with Crippen molar-refractivity contribution in [3.63, 3.8) is 0 Å². The number of para-hydroxylation sites is 1. The standard InChI is InChI=1S/C30H26ClN5O4S/c1-17-15-21(40-20-8-4-3-5-9-20)10-11-22(17)36-23-12-13-32-28-24(23)25(34-30(36)39)26(41-28)27(37)33-19-7-6-14-35(16-19)29(38)18(2)31/h3-5,8-13,15,19H,2,6-7,14,16H2,1H3,(H,33,37)(H,34,39). The van der Waals surface area contributed by atoms with Crippen LogP contribution in [0.15, 0.2) is 72.4 Å². The molecule has 0 saturated carbocycles. The number of aromatic nitrogens is 1. The molecule has 2 aliphatic rings. The van der Waals surface area contributed by atoms with E-state index in [2.05, 4.69) is 22.2 Å². The Morgan fingerprint density at radius 1 is 1.15 bits per heavy atom. The molecule has 4 heterocycles. The minimum Gasteiger partial charge on any atom is -0.457 e. The lowest BCUT2D eigenvalue weighted by Gasteiger charge is -2.33. The van der Waals surface area contributed by atoms with Crippen LogP contribution in [-0.2, 0) is 4.79 Å². The number of rotatable bonds is 6. The monoisotopic (exact) mass is 587 g/mol. The van der Waals surface area contributed by atoms with Gasteiger partial charge in [0.25, 0.3) is 11.8 Å². The van der Waals surface area contributed by atoms with Gasteiger partial charge in [0.1, 0.15) is 21.2 Å². The number of piperidine rings is 1. The molecule has 2 aromatic heterocycles. The quantitative estimate of drug-likeness (QED) is 0.249. The zero-order valence-corrected chi connectivity index (χ0v) is 23.7. The number of urea groups is 1. The van der Waals surface area contributed by atoms with E-state index in [-0.39, 0.29) is 28.9 Å². The fourth-order valence-corrected chi connectivity index (χ4v) is 6.39. The predicted molar refractivity (Wildman–Crippen MR) is 161 cm³/mol. The molecule has 11 heteroatoms. The van der Waals surface area contributed by atoms with Crippen LogP contribution < -0.4 is 20.3 Å². The van der Waals surface area contributed by atoms with E-state index in [4.69, 9.17) is 16.3 Å². The summed E-state index contributed by atoms with van der Waals surface area (Å²) in [7, 11) is 0. The number of nitrogens with zero attached hydrogens (tertiary/aromatic N) is 3. The van der Waals surface area contributed by atoms with E-state index >= 15 is 0 Å². The van der Waals surface area contributed by atoms with Gasteiger partial charge in [0.05, 0.1) is 27.5 Å². The minimum absolute atomic E-state index is 0.0506. The minimum atomic E-state index is -0.382. The van der Waals surface area contributed by atoms with Crippen LogP contribution in [0.25, 0.3) is 10.2 Å². The third-order valence-electron chi connectivity index (χ3n) is 7.12. The van der Waals surface area contributed by atoms with Crippen molar-refractivity contribution in [3.05, 3.63) is 82.8 Å². The molecule has 2 aliphatic heterocycles. The number of thiophene rings is 1.